The predicted octanol–water partition coefficient (Wildman–Crippen LogP) is 1.58. The van der Waals surface area contributed by atoms with Crippen molar-refractivity contribution in [3.05, 3.63) is 59.4 Å². The van der Waals surface area contributed by atoms with E-state index < -0.39 is 6.04 Å². The fraction of sp³-hybridized carbons (Fsp3) is 0.235. The van der Waals surface area contributed by atoms with Crippen LogP contribution in [0.2, 0.25) is 0 Å². The first-order valence-corrected chi connectivity index (χ1v) is 8.65. The Morgan fingerprint density at radius 2 is 2.17 bits per heavy atom. The van der Waals surface area contributed by atoms with Crippen molar-refractivity contribution < 1.29 is 9.59 Å². The molecule has 1 unspecified atom stereocenters. The fourth-order valence-electron chi connectivity index (χ4n) is 2.98. The van der Waals surface area contributed by atoms with Gasteiger partial charge in [0.2, 0.25) is 5.91 Å². The average molecular weight is 340 g/mol. The Labute approximate surface area is 142 Å². The normalized spacial score (nSPS) is 17.9. The molecular formula is C17H16N4O2S. The maximum Gasteiger partial charge on any atom is 0.274 e. The quantitative estimate of drug-likeness (QED) is 0.787. The summed E-state index contributed by atoms with van der Waals surface area (Å²) in [6.07, 6.45) is 4.09. The van der Waals surface area contributed by atoms with E-state index in [1.165, 1.54) is 11.3 Å². The number of aromatic nitrogens is 2. The zero-order valence-corrected chi connectivity index (χ0v) is 13.7. The van der Waals surface area contributed by atoms with Gasteiger partial charge in [0.15, 0.2) is 4.96 Å². The summed E-state index contributed by atoms with van der Waals surface area (Å²) < 4.78 is 1.83. The fourth-order valence-corrected chi connectivity index (χ4v) is 3.68. The number of fused-ring (bicyclic) bond motifs is 1. The summed E-state index contributed by atoms with van der Waals surface area (Å²) in [4.78, 5) is 32.0. The van der Waals surface area contributed by atoms with E-state index in [9.17, 15) is 9.59 Å². The average Bonchev–Trinajstić information content (AvgIpc) is 3.19. The van der Waals surface area contributed by atoms with Crippen LogP contribution in [0.4, 0.5) is 0 Å². The second-order valence-corrected chi connectivity index (χ2v) is 6.59. The van der Waals surface area contributed by atoms with Gasteiger partial charge in [-0.3, -0.25) is 14.0 Å². The molecular weight excluding hydrogens is 324 g/mol. The van der Waals surface area contributed by atoms with E-state index in [1.807, 2.05) is 46.3 Å². The minimum Gasteiger partial charge on any atom is -0.353 e. The smallest absolute Gasteiger partial charge is 0.274 e. The van der Waals surface area contributed by atoms with E-state index in [-0.39, 0.29) is 11.8 Å². The van der Waals surface area contributed by atoms with Gasteiger partial charge in [-0.1, -0.05) is 30.3 Å². The number of hydrogen-bond acceptors (Lipinski definition) is 4. The minimum absolute atomic E-state index is 0.112. The van der Waals surface area contributed by atoms with E-state index in [1.54, 1.807) is 11.1 Å². The van der Waals surface area contributed by atoms with Crippen molar-refractivity contribution in [1.29, 1.82) is 0 Å². The van der Waals surface area contributed by atoms with Crippen LogP contribution in [0.1, 0.15) is 16.1 Å². The third kappa shape index (κ3) is 2.67. The van der Waals surface area contributed by atoms with Crippen molar-refractivity contribution in [3.63, 3.8) is 0 Å². The van der Waals surface area contributed by atoms with Crippen LogP contribution in [0.5, 0.6) is 0 Å². The molecule has 0 saturated carbocycles. The van der Waals surface area contributed by atoms with E-state index in [4.69, 9.17) is 0 Å². The molecule has 3 aromatic rings. The van der Waals surface area contributed by atoms with Crippen molar-refractivity contribution in [2.24, 2.45) is 0 Å². The summed E-state index contributed by atoms with van der Waals surface area (Å²) in [5.41, 5.74) is 1.41. The maximum absolute atomic E-state index is 12.9. The van der Waals surface area contributed by atoms with Crippen LogP contribution in [0, 0.1) is 0 Å². The molecule has 1 aliphatic heterocycles. The van der Waals surface area contributed by atoms with Gasteiger partial charge in [-0.15, -0.1) is 11.3 Å². The molecule has 1 atom stereocenters. The Morgan fingerprint density at radius 1 is 1.33 bits per heavy atom. The molecule has 122 valence electrons. The summed E-state index contributed by atoms with van der Waals surface area (Å²) >= 11 is 1.48. The molecule has 1 aromatic carbocycles. The lowest BCUT2D eigenvalue weighted by Crippen LogP contribution is -2.58. The molecule has 0 radical (unpaired) electrons. The monoisotopic (exact) mass is 340 g/mol. The highest BCUT2D eigenvalue weighted by atomic mass is 32.1. The molecule has 3 heterocycles. The van der Waals surface area contributed by atoms with Gasteiger partial charge in [0.05, 0.1) is 0 Å². The number of benzene rings is 1. The van der Waals surface area contributed by atoms with Gasteiger partial charge in [-0.2, -0.15) is 0 Å². The molecule has 1 fully saturated rings. The number of amides is 2. The Bertz CT molecular complexity index is 858. The number of nitrogens with one attached hydrogen (secondary N) is 1. The minimum atomic E-state index is -0.506. The second kappa shape index (κ2) is 6.09. The molecule has 7 heteroatoms. The molecule has 1 saturated heterocycles. The van der Waals surface area contributed by atoms with Crippen molar-refractivity contribution in [3.8, 4) is 0 Å². The lowest BCUT2D eigenvalue weighted by atomic mass is 10.0. The Balaban J connectivity index is 1.61. The third-order valence-electron chi connectivity index (χ3n) is 4.18. The number of thiazole rings is 1. The van der Waals surface area contributed by atoms with Gasteiger partial charge >= 0.3 is 0 Å². The SMILES string of the molecule is O=C1NCCN(C(=O)c2cn3ccsc3n2)C1Cc1ccccc1. The number of carbonyl (C=O) groups excluding carboxylic acids is 2. The number of carbonyl (C=O) groups is 2. The second-order valence-electron chi connectivity index (χ2n) is 5.71. The summed E-state index contributed by atoms with van der Waals surface area (Å²) in [5.74, 6) is -0.304. The number of rotatable bonds is 3. The van der Waals surface area contributed by atoms with Crippen LogP contribution in [0.3, 0.4) is 0 Å². The van der Waals surface area contributed by atoms with Gasteiger partial charge in [-0.25, -0.2) is 4.98 Å². The first-order valence-electron chi connectivity index (χ1n) is 7.77. The highest BCUT2D eigenvalue weighted by Gasteiger charge is 2.34. The Kier molecular flexibility index (Phi) is 3.78. The molecule has 6 nitrogen and oxygen atoms in total. The maximum atomic E-state index is 12.9. The van der Waals surface area contributed by atoms with Crippen LogP contribution < -0.4 is 5.32 Å². The Hall–Kier alpha value is -2.67. The highest BCUT2D eigenvalue weighted by Crippen LogP contribution is 2.17. The highest BCUT2D eigenvalue weighted by molar-refractivity contribution is 7.15. The standard InChI is InChI=1S/C17H16N4O2S/c22-15-14(10-12-4-2-1-3-5-12)21(7-6-18-15)16(23)13-11-20-8-9-24-17(20)19-13/h1-5,8-9,11,14H,6-7,10H2,(H,18,22). The summed E-state index contributed by atoms with van der Waals surface area (Å²) in [7, 11) is 0. The van der Waals surface area contributed by atoms with Crippen molar-refractivity contribution in [2.45, 2.75) is 12.5 Å². The molecule has 1 N–H and O–H groups in total. The molecule has 2 aromatic heterocycles. The van der Waals surface area contributed by atoms with E-state index in [0.717, 1.165) is 10.5 Å². The Morgan fingerprint density at radius 3 is 2.96 bits per heavy atom. The van der Waals surface area contributed by atoms with Crippen LogP contribution >= 0.6 is 11.3 Å². The van der Waals surface area contributed by atoms with Gasteiger partial charge in [0, 0.05) is 37.3 Å². The number of hydrogen-bond donors (Lipinski definition) is 1. The van der Waals surface area contributed by atoms with E-state index in [0.29, 0.717) is 25.2 Å². The van der Waals surface area contributed by atoms with Crippen LogP contribution in [0.25, 0.3) is 4.96 Å². The zero-order valence-electron chi connectivity index (χ0n) is 12.9. The molecule has 2 amide bonds. The third-order valence-corrected chi connectivity index (χ3v) is 4.95. The summed E-state index contributed by atoms with van der Waals surface area (Å²) in [5, 5.41) is 4.77. The largest absolute Gasteiger partial charge is 0.353 e. The van der Waals surface area contributed by atoms with Crippen molar-refractivity contribution in [1.82, 2.24) is 19.6 Å². The van der Waals surface area contributed by atoms with Gasteiger partial charge in [0.25, 0.3) is 5.91 Å². The van der Waals surface area contributed by atoms with Gasteiger partial charge < -0.3 is 10.2 Å². The van der Waals surface area contributed by atoms with Crippen LogP contribution in [-0.2, 0) is 11.2 Å². The zero-order chi connectivity index (χ0) is 16.5. The molecule has 0 spiro atoms. The number of piperazine rings is 1. The first kappa shape index (κ1) is 14.9. The lowest BCUT2D eigenvalue weighted by molar-refractivity contribution is -0.127. The van der Waals surface area contributed by atoms with Gasteiger partial charge in [0.1, 0.15) is 11.7 Å². The topological polar surface area (TPSA) is 66.7 Å². The number of imidazole rings is 1. The summed E-state index contributed by atoms with van der Waals surface area (Å²) in [6.45, 7) is 0.964. The van der Waals surface area contributed by atoms with Gasteiger partial charge in [-0.05, 0) is 5.56 Å². The molecule has 24 heavy (non-hydrogen) atoms. The predicted molar refractivity (Wildman–Crippen MR) is 91.0 cm³/mol. The van der Waals surface area contributed by atoms with Crippen molar-refractivity contribution >= 4 is 28.1 Å². The molecule has 0 aliphatic carbocycles. The van der Waals surface area contributed by atoms with Crippen LogP contribution in [-0.4, -0.2) is 45.2 Å². The van der Waals surface area contributed by atoms with E-state index in [2.05, 4.69) is 10.3 Å². The first-order chi connectivity index (χ1) is 11.7. The van der Waals surface area contributed by atoms with Crippen LogP contribution in [0.15, 0.2) is 48.1 Å². The van der Waals surface area contributed by atoms with Crippen molar-refractivity contribution in [2.75, 3.05) is 13.1 Å². The summed E-state index contributed by atoms with van der Waals surface area (Å²) in [6, 6.07) is 9.24. The van der Waals surface area contributed by atoms with E-state index >= 15 is 0 Å². The lowest BCUT2D eigenvalue weighted by Gasteiger charge is -2.34. The molecule has 1 aliphatic rings. The molecule has 0 bridgehead atoms. The molecule has 4 rings (SSSR count). The number of nitrogens with zero attached hydrogens (tertiary/aromatic N) is 3.